The second kappa shape index (κ2) is 10.0. The SMILES string of the molecule is CC(=O)OC[C@H]1OC(NC(N)=S)[C@H](OC(C)=O)[C@@H](OC(C)=O)[C@H]1OC(C)=O. The molecule has 11 nitrogen and oxygen atoms in total. The van der Waals surface area contributed by atoms with E-state index in [1.54, 1.807) is 0 Å². The summed E-state index contributed by atoms with van der Waals surface area (Å²) in [5.41, 5.74) is 5.47. The smallest absolute Gasteiger partial charge is 0.303 e. The maximum atomic E-state index is 11.6. The molecule has 1 aliphatic heterocycles. The highest BCUT2D eigenvalue weighted by Gasteiger charge is 2.52. The Balaban J connectivity index is 3.29. The Kier molecular flexibility index (Phi) is 8.37. The first-order valence-electron chi connectivity index (χ1n) is 7.87. The van der Waals surface area contributed by atoms with Gasteiger partial charge in [0, 0.05) is 27.7 Å². The Hall–Kier alpha value is -2.47. The second-order valence-corrected chi connectivity index (χ2v) is 6.07. The molecule has 152 valence electrons. The van der Waals surface area contributed by atoms with Gasteiger partial charge in [0.2, 0.25) is 0 Å². The summed E-state index contributed by atoms with van der Waals surface area (Å²) in [4.78, 5) is 45.8. The van der Waals surface area contributed by atoms with Crippen LogP contribution in [0.15, 0.2) is 0 Å². The van der Waals surface area contributed by atoms with Crippen molar-refractivity contribution in [3.8, 4) is 0 Å². The van der Waals surface area contributed by atoms with Crippen LogP contribution in [0, 0.1) is 0 Å². The Bertz CT molecular complexity index is 612. The molecule has 0 aromatic heterocycles. The predicted octanol–water partition coefficient (Wildman–Crippen LogP) is -1.10. The van der Waals surface area contributed by atoms with Crippen molar-refractivity contribution in [1.82, 2.24) is 5.32 Å². The van der Waals surface area contributed by atoms with Crippen LogP contribution in [0.25, 0.3) is 0 Å². The van der Waals surface area contributed by atoms with Crippen LogP contribution in [0.1, 0.15) is 27.7 Å². The van der Waals surface area contributed by atoms with Gasteiger partial charge in [-0.1, -0.05) is 0 Å². The minimum atomic E-state index is -1.27. The van der Waals surface area contributed by atoms with Crippen molar-refractivity contribution in [2.75, 3.05) is 6.61 Å². The van der Waals surface area contributed by atoms with Gasteiger partial charge in [-0.2, -0.15) is 0 Å². The number of hydrogen-bond acceptors (Lipinski definition) is 10. The molecular weight excluding hydrogens is 384 g/mol. The van der Waals surface area contributed by atoms with Gasteiger partial charge in [0.15, 0.2) is 29.7 Å². The van der Waals surface area contributed by atoms with E-state index in [4.69, 9.17) is 41.6 Å². The van der Waals surface area contributed by atoms with Crippen molar-refractivity contribution in [2.24, 2.45) is 5.73 Å². The van der Waals surface area contributed by atoms with E-state index in [1.807, 2.05) is 0 Å². The molecule has 0 amide bonds. The summed E-state index contributed by atoms with van der Waals surface area (Å²) in [7, 11) is 0. The number of carbonyl (C=O) groups excluding carboxylic acids is 4. The summed E-state index contributed by atoms with van der Waals surface area (Å²) >= 11 is 4.78. The van der Waals surface area contributed by atoms with E-state index in [0.29, 0.717) is 0 Å². The van der Waals surface area contributed by atoms with Crippen LogP contribution in [0.2, 0.25) is 0 Å². The number of ether oxygens (including phenoxy) is 5. The molecular formula is C15H22N2O9S. The molecule has 0 bridgehead atoms. The minimum Gasteiger partial charge on any atom is -0.463 e. The zero-order valence-corrected chi connectivity index (χ0v) is 16.1. The minimum absolute atomic E-state index is 0.184. The van der Waals surface area contributed by atoms with Crippen LogP contribution < -0.4 is 11.1 Å². The highest BCUT2D eigenvalue weighted by Crippen LogP contribution is 2.28. The van der Waals surface area contributed by atoms with Gasteiger partial charge < -0.3 is 34.7 Å². The third-order valence-corrected chi connectivity index (χ3v) is 3.39. The molecule has 0 radical (unpaired) electrons. The van der Waals surface area contributed by atoms with Crippen LogP contribution in [-0.2, 0) is 42.9 Å². The topological polar surface area (TPSA) is 152 Å². The highest BCUT2D eigenvalue weighted by atomic mass is 32.1. The number of rotatable bonds is 6. The van der Waals surface area contributed by atoms with Crippen molar-refractivity contribution < 1.29 is 42.9 Å². The maximum Gasteiger partial charge on any atom is 0.303 e. The van der Waals surface area contributed by atoms with Crippen LogP contribution >= 0.6 is 12.2 Å². The highest BCUT2D eigenvalue weighted by molar-refractivity contribution is 7.80. The van der Waals surface area contributed by atoms with Crippen LogP contribution in [0.5, 0.6) is 0 Å². The van der Waals surface area contributed by atoms with E-state index < -0.39 is 54.5 Å². The Morgan fingerprint density at radius 1 is 0.889 bits per heavy atom. The summed E-state index contributed by atoms with van der Waals surface area (Å²) in [6, 6.07) is 0. The zero-order chi connectivity index (χ0) is 20.7. The lowest BCUT2D eigenvalue weighted by atomic mass is 9.97. The predicted molar refractivity (Wildman–Crippen MR) is 91.9 cm³/mol. The van der Waals surface area contributed by atoms with Gasteiger partial charge in [0.25, 0.3) is 0 Å². The maximum absolute atomic E-state index is 11.6. The van der Waals surface area contributed by atoms with E-state index in [2.05, 4.69) is 5.32 Å². The summed E-state index contributed by atoms with van der Waals surface area (Å²) < 4.78 is 26.2. The number of esters is 4. The fourth-order valence-corrected chi connectivity index (χ4v) is 2.60. The molecule has 27 heavy (non-hydrogen) atoms. The van der Waals surface area contributed by atoms with Gasteiger partial charge in [-0.25, -0.2) is 0 Å². The van der Waals surface area contributed by atoms with Crippen molar-refractivity contribution in [3.05, 3.63) is 0 Å². The molecule has 1 unspecified atom stereocenters. The molecule has 1 heterocycles. The van der Waals surface area contributed by atoms with E-state index in [1.165, 1.54) is 6.92 Å². The second-order valence-electron chi connectivity index (χ2n) is 5.63. The Morgan fingerprint density at radius 2 is 1.37 bits per heavy atom. The molecule has 0 aromatic carbocycles. The molecule has 5 atom stereocenters. The van der Waals surface area contributed by atoms with Crippen molar-refractivity contribution in [1.29, 1.82) is 0 Å². The van der Waals surface area contributed by atoms with E-state index in [-0.39, 0.29) is 11.7 Å². The van der Waals surface area contributed by atoms with Crippen molar-refractivity contribution in [3.63, 3.8) is 0 Å². The monoisotopic (exact) mass is 406 g/mol. The summed E-state index contributed by atoms with van der Waals surface area (Å²) in [5, 5.41) is 2.39. The number of hydrogen-bond donors (Lipinski definition) is 2. The molecule has 3 N–H and O–H groups in total. The van der Waals surface area contributed by atoms with E-state index in [0.717, 1.165) is 20.8 Å². The van der Waals surface area contributed by atoms with Gasteiger partial charge in [0.1, 0.15) is 12.7 Å². The Morgan fingerprint density at radius 3 is 1.81 bits per heavy atom. The summed E-state index contributed by atoms with van der Waals surface area (Å²) in [5.74, 6) is -2.76. The summed E-state index contributed by atoms with van der Waals surface area (Å²) in [6.07, 6.45) is -5.94. The van der Waals surface area contributed by atoms with Gasteiger partial charge in [0.05, 0.1) is 0 Å². The number of nitrogens with one attached hydrogen (secondary N) is 1. The van der Waals surface area contributed by atoms with Gasteiger partial charge in [-0.3, -0.25) is 19.2 Å². The molecule has 1 aliphatic rings. The van der Waals surface area contributed by atoms with E-state index in [9.17, 15) is 19.2 Å². The fraction of sp³-hybridized carbons (Fsp3) is 0.667. The van der Waals surface area contributed by atoms with Crippen molar-refractivity contribution in [2.45, 2.75) is 58.3 Å². The largest absolute Gasteiger partial charge is 0.463 e. The Labute approximate surface area is 160 Å². The van der Waals surface area contributed by atoms with Crippen LogP contribution in [0.4, 0.5) is 0 Å². The number of thiocarbonyl (C=S) groups is 1. The van der Waals surface area contributed by atoms with Gasteiger partial charge >= 0.3 is 23.9 Å². The lowest BCUT2D eigenvalue weighted by Crippen LogP contribution is -2.66. The summed E-state index contributed by atoms with van der Waals surface area (Å²) in [6.45, 7) is 4.25. The average molecular weight is 406 g/mol. The van der Waals surface area contributed by atoms with Gasteiger partial charge in [-0.15, -0.1) is 0 Å². The van der Waals surface area contributed by atoms with Gasteiger partial charge in [-0.05, 0) is 12.2 Å². The van der Waals surface area contributed by atoms with Crippen LogP contribution in [-0.4, -0.2) is 66.2 Å². The molecule has 0 spiro atoms. The lowest BCUT2D eigenvalue weighted by molar-refractivity contribution is -0.254. The first kappa shape index (κ1) is 22.6. The molecule has 1 saturated heterocycles. The fourth-order valence-electron chi connectivity index (χ4n) is 2.48. The molecule has 1 fully saturated rings. The quantitative estimate of drug-likeness (QED) is 0.313. The first-order chi connectivity index (χ1) is 12.5. The molecule has 12 heteroatoms. The van der Waals surface area contributed by atoms with E-state index >= 15 is 0 Å². The molecule has 1 rings (SSSR count). The zero-order valence-electron chi connectivity index (χ0n) is 15.3. The number of carbonyl (C=O) groups is 4. The first-order valence-corrected chi connectivity index (χ1v) is 8.28. The standard InChI is InChI=1S/C15H22N2O9S/c1-6(18)22-5-10-11(23-7(2)19)12(24-8(3)20)13(25-9(4)21)14(26-10)17-15(16)27/h10-14H,5H2,1-4H3,(H3,16,17,27)/t10-,11+,12+,13-,14?/m1/s1. The van der Waals surface area contributed by atoms with Crippen LogP contribution in [0.3, 0.4) is 0 Å². The lowest BCUT2D eigenvalue weighted by Gasteiger charge is -2.44. The molecule has 0 aliphatic carbocycles. The number of nitrogens with two attached hydrogens (primary N) is 1. The molecule has 0 saturated carbocycles. The third-order valence-electron chi connectivity index (χ3n) is 3.28. The average Bonchev–Trinajstić information content (AvgIpc) is 2.49. The van der Waals surface area contributed by atoms with Crippen molar-refractivity contribution >= 4 is 41.2 Å². The third kappa shape index (κ3) is 7.35. The normalized spacial score (nSPS) is 27.0. The molecule has 0 aromatic rings.